The van der Waals surface area contributed by atoms with E-state index in [0.29, 0.717) is 24.6 Å². The van der Waals surface area contributed by atoms with E-state index in [1.165, 1.54) is 0 Å². The minimum atomic E-state index is 0.277. The number of hydrogen-bond donors (Lipinski definition) is 0. The Kier molecular flexibility index (Phi) is 4.83. The molecular formula is C16H16N4O2S. The lowest BCUT2D eigenvalue weighted by molar-refractivity contribution is 0.482. The van der Waals surface area contributed by atoms with Crippen molar-refractivity contribution in [1.29, 1.82) is 5.26 Å². The van der Waals surface area contributed by atoms with Gasteiger partial charge >= 0.3 is 0 Å². The molecule has 118 valence electrons. The Morgan fingerprint density at radius 2 is 2.09 bits per heavy atom. The van der Waals surface area contributed by atoms with Crippen molar-refractivity contribution >= 4 is 11.8 Å². The molecule has 6 nitrogen and oxygen atoms in total. The minimum Gasteiger partial charge on any atom is -0.467 e. The molecule has 0 fully saturated rings. The van der Waals surface area contributed by atoms with Gasteiger partial charge in [-0.15, -0.1) is 10.2 Å². The zero-order valence-corrected chi connectivity index (χ0v) is 13.5. The molecule has 3 rings (SSSR count). The number of nitrogens with zero attached hydrogens (tertiary/aromatic N) is 4. The van der Waals surface area contributed by atoms with Crippen LogP contribution in [0, 0.1) is 11.3 Å². The fourth-order valence-corrected chi connectivity index (χ4v) is 3.13. The average Bonchev–Trinajstić information content (AvgIpc) is 3.28. The first-order valence-corrected chi connectivity index (χ1v) is 8.19. The maximum absolute atomic E-state index is 8.72. The standard InChI is InChI=1S/C16H16N4O2S/c1-12(5-2-8-17)23-16-19-18-15(14-7-4-10-22-14)20(16)11-13-6-3-9-21-13/h3-4,6-7,9-10,12H,2,5,11H2,1H3/t12-/m1/s1. The molecule has 0 aliphatic carbocycles. The summed E-state index contributed by atoms with van der Waals surface area (Å²) < 4.78 is 12.9. The fraction of sp³-hybridized carbons (Fsp3) is 0.312. The molecular weight excluding hydrogens is 312 g/mol. The number of thioether (sulfide) groups is 1. The van der Waals surface area contributed by atoms with Crippen LogP contribution in [-0.2, 0) is 6.54 Å². The maximum Gasteiger partial charge on any atom is 0.200 e. The van der Waals surface area contributed by atoms with Crippen molar-refractivity contribution in [3.05, 3.63) is 42.6 Å². The highest BCUT2D eigenvalue weighted by atomic mass is 32.2. The molecule has 0 saturated carbocycles. The lowest BCUT2D eigenvalue weighted by atomic mass is 10.3. The van der Waals surface area contributed by atoms with Gasteiger partial charge in [-0.3, -0.25) is 4.57 Å². The highest BCUT2D eigenvalue weighted by molar-refractivity contribution is 7.99. The summed E-state index contributed by atoms with van der Waals surface area (Å²) in [6.45, 7) is 2.61. The normalized spacial score (nSPS) is 12.2. The second kappa shape index (κ2) is 7.20. The second-order valence-corrected chi connectivity index (χ2v) is 6.48. The summed E-state index contributed by atoms with van der Waals surface area (Å²) in [5.74, 6) is 2.16. The van der Waals surface area contributed by atoms with Crippen molar-refractivity contribution in [2.24, 2.45) is 0 Å². The summed E-state index contributed by atoms with van der Waals surface area (Å²) in [4.78, 5) is 0. The molecule has 0 bridgehead atoms. The molecule has 0 aliphatic rings. The van der Waals surface area contributed by atoms with E-state index >= 15 is 0 Å². The second-order valence-electron chi connectivity index (χ2n) is 5.07. The molecule has 3 heterocycles. The van der Waals surface area contributed by atoms with Gasteiger partial charge in [-0.1, -0.05) is 18.7 Å². The molecule has 0 saturated heterocycles. The van der Waals surface area contributed by atoms with Crippen molar-refractivity contribution in [3.63, 3.8) is 0 Å². The Hall–Kier alpha value is -2.46. The zero-order valence-electron chi connectivity index (χ0n) is 12.7. The van der Waals surface area contributed by atoms with Crippen LogP contribution in [0.3, 0.4) is 0 Å². The Labute approximate surface area is 138 Å². The minimum absolute atomic E-state index is 0.277. The van der Waals surface area contributed by atoms with Gasteiger partial charge < -0.3 is 8.83 Å². The van der Waals surface area contributed by atoms with Gasteiger partial charge in [0.05, 0.1) is 25.1 Å². The Balaban J connectivity index is 1.88. The number of furan rings is 2. The van der Waals surface area contributed by atoms with Crippen LogP contribution in [0.25, 0.3) is 11.6 Å². The van der Waals surface area contributed by atoms with Gasteiger partial charge in [0, 0.05) is 11.7 Å². The van der Waals surface area contributed by atoms with Gasteiger partial charge in [-0.25, -0.2) is 0 Å². The van der Waals surface area contributed by atoms with Crippen LogP contribution >= 0.6 is 11.8 Å². The highest BCUT2D eigenvalue weighted by Gasteiger charge is 2.19. The summed E-state index contributed by atoms with van der Waals surface area (Å²) in [5, 5.41) is 18.3. The summed E-state index contributed by atoms with van der Waals surface area (Å²) in [6.07, 6.45) is 4.61. The molecule has 0 radical (unpaired) electrons. The Morgan fingerprint density at radius 1 is 1.26 bits per heavy atom. The molecule has 7 heteroatoms. The molecule has 1 atom stereocenters. The molecule has 0 unspecified atom stereocenters. The SMILES string of the molecule is C[C@H](CCC#N)Sc1nnc(-c2ccco2)n1Cc1ccco1. The third-order valence-electron chi connectivity index (χ3n) is 3.32. The van der Waals surface area contributed by atoms with E-state index in [0.717, 1.165) is 17.3 Å². The maximum atomic E-state index is 8.72. The predicted octanol–water partition coefficient (Wildman–Crippen LogP) is 3.96. The third-order valence-corrected chi connectivity index (χ3v) is 4.47. The van der Waals surface area contributed by atoms with Crippen molar-refractivity contribution < 1.29 is 8.83 Å². The van der Waals surface area contributed by atoms with Crippen molar-refractivity contribution in [3.8, 4) is 17.7 Å². The van der Waals surface area contributed by atoms with E-state index in [-0.39, 0.29) is 5.25 Å². The first-order chi connectivity index (χ1) is 11.3. The quantitative estimate of drug-likeness (QED) is 0.611. The topological polar surface area (TPSA) is 80.8 Å². The fourth-order valence-electron chi connectivity index (χ4n) is 2.17. The van der Waals surface area contributed by atoms with E-state index < -0.39 is 0 Å². The molecule has 0 N–H and O–H groups in total. The largest absolute Gasteiger partial charge is 0.467 e. The summed E-state index contributed by atoms with van der Waals surface area (Å²) in [5.41, 5.74) is 0. The van der Waals surface area contributed by atoms with E-state index in [1.54, 1.807) is 24.3 Å². The lowest BCUT2D eigenvalue weighted by Crippen LogP contribution is -2.05. The third kappa shape index (κ3) is 3.66. The molecule has 23 heavy (non-hydrogen) atoms. The Morgan fingerprint density at radius 3 is 2.78 bits per heavy atom. The van der Waals surface area contributed by atoms with Crippen LogP contribution in [0.1, 0.15) is 25.5 Å². The van der Waals surface area contributed by atoms with Crippen LogP contribution in [0.15, 0.2) is 50.8 Å². The predicted molar refractivity (Wildman–Crippen MR) is 85.7 cm³/mol. The summed E-state index contributed by atoms with van der Waals surface area (Å²) in [6, 6.07) is 9.63. The molecule has 0 amide bonds. The van der Waals surface area contributed by atoms with E-state index in [4.69, 9.17) is 14.1 Å². The monoisotopic (exact) mass is 328 g/mol. The van der Waals surface area contributed by atoms with Gasteiger partial charge in [0.15, 0.2) is 10.9 Å². The molecule has 3 aromatic rings. The van der Waals surface area contributed by atoms with Crippen molar-refractivity contribution in [2.75, 3.05) is 0 Å². The van der Waals surface area contributed by atoms with Crippen LogP contribution in [0.2, 0.25) is 0 Å². The lowest BCUT2D eigenvalue weighted by Gasteiger charge is -2.11. The van der Waals surface area contributed by atoms with E-state index in [2.05, 4.69) is 23.2 Å². The number of rotatable bonds is 7. The van der Waals surface area contributed by atoms with Crippen molar-refractivity contribution in [2.45, 2.75) is 36.7 Å². The zero-order chi connectivity index (χ0) is 16.1. The van der Waals surface area contributed by atoms with Gasteiger partial charge in [0.2, 0.25) is 5.82 Å². The van der Waals surface area contributed by atoms with Crippen molar-refractivity contribution in [1.82, 2.24) is 14.8 Å². The number of hydrogen-bond acceptors (Lipinski definition) is 6. The van der Waals surface area contributed by atoms with Gasteiger partial charge in [0.25, 0.3) is 0 Å². The highest BCUT2D eigenvalue weighted by Crippen LogP contribution is 2.29. The molecule has 0 spiro atoms. The van der Waals surface area contributed by atoms with Gasteiger partial charge in [-0.2, -0.15) is 5.26 Å². The first kappa shape index (κ1) is 15.4. The Bertz CT molecular complexity index is 772. The molecule has 0 aliphatic heterocycles. The summed E-state index contributed by atoms with van der Waals surface area (Å²) in [7, 11) is 0. The van der Waals surface area contributed by atoms with Gasteiger partial charge in [0.1, 0.15) is 5.76 Å². The van der Waals surface area contributed by atoms with Crippen LogP contribution in [0.4, 0.5) is 0 Å². The van der Waals surface area contributed by atoms with E-state index in [1.807, 2.05) is 28.8 Å². The first-order valence-electron chi connectivity index (χ1n) is 7.31. The van der Waals surface area contributed by atoms with Gasteiger partial charge in [-0.05, 0) is 30.7 Å². The number of nitriles is 1. The molecule has 0 aromatic carbocycles. The van der Waals surface area contributed by atoms with Crippen LogP contribution in [0.5, 0.6) is 0 Å². The summed E-state index contributed by atoms with van der Waals surface area (Å²) >= 11 is 1.61. The average molecular weight is 328 g/mol. The number of aromatic nitrogens is 3. The van der Waals surface area contributed by atoms with Crippen LogP contribution in [-0.4, -0.2) is 20.0 Å². The van der Waals surface area contributed by atoms with E-state index in [9.17, 15) is 0 Å². The van der Waals surface area contributed by atoms with Crippen LogP contribution < -0.4 is 0 Å². The smallest absolute Gasteiger partial charge is 0.200 e. The molecule has 3 aromatic heterocycles.